The Morgan fingerprint density at radius 3 is 2.03 bits per heavy atom. The summed E-state index contributed by atoms with van der Waals surface area (Å²) in [5.74, 6) is -1.65. The highest BCUT2D eigenvalue weighted by molar-refractivity contribution is 6.04. The maximum Gasteiger partial charge on any atom is 0.355 e. The van der Waals surface area contributed by atoms with E-state index >= 15 is 0 Å². The van der Waals surface area contributed by atoms with Crippen LogP contribution in [0.15, 0.2) is 0 Å². The first-order valence-corrected chi connectivity index (χ1v) is 9.49. The average Bonchev–Trinajstić information content (AvgIpc) is 3.09. The van der Waals surface area contributed by atoms with Crippen LogP contribution in [0.3, 0.4) is 0 Å². The second-order valence-electron chi connectivity index (χ2n) is 7.10. The van der Waals surface area contributed by atoms with Crippen molar-refractivity contribution in [1.29, 1.82) is 0 Å². The van der Waals surface area contributed by atoms with Crippen molar-refractivity contribution in [2.75, 3.05) is 6.61 Å². The van der Waals surface area contributed by atoms with E-state index in [-0.39, 0.29) is 18.0 Å². The number of ether oxygens (including phenoxy) is 2. The van der Waals surface area contributed by atoms with Crippen molar-refractivity contribution in [2.24, 2.45) is 0 Å². The minimum atomic E-state index is -1.08. The van der Waals surface area contributed by atoms with E-state index in [1.165, 1.54) is 6.92 Å². The number of hydrogen-bond acceptors (Lipinski definition) is 6. The zero-order chi connectivity index (χ0) is 22.0. The van der Waals surface area contributed by atoms with Crippen LogP contribution in [0.1, 0.15) is 86.3 Å². The van der Waals surface area contributed by atoms with Gasteiger partial charge >= 0.3 is 11.9 Å². The first kappa shape index (κ1) is 22.4. The van der Waals surface area contributed by atoms with E-state index < -0.39 is 29.9 Å². The summed E-state index contributed by atoms with van der Waals surface area (Å²) >= 11 is 0. The number of aromatic nitrogens is 2. The van der Waals surface area contributed by atoms with Crippen molar-refractivity contribution in [3.63, 3.8) is 0 Å². The summed E-state index contributed by atoms with van der Waals surface area (Å²) in [6, 6.07) is 0. The molecule has 8 nitrogen and oxygen atoms in total. The highest BCUT2D eigenvalue weighted by Gasteiger charge is 2.29. The summed E-state index contributed by atoms with van der Waals surface area (Å²) in [6.07, 6.45) is -1.81. The summed E-state index contributed by atoms with van der Waals surface area (Å²) in [4.78, 5) is 43.3. The van der Waals surface area contributed by atoms with Gasteiger partial charge in [0.05, 0.1) is 24.0 Å². The number of carbonyl (C=O) groups is 3. The normalized spacial score (nSPS) is 13.1. The quantitative estimate of drug-likeness (QED) is 0.481. The van der Waals surface area contributed by atoms with Crippen LogP contribution in [0, 0.1) is 27.7 Å². The number of aryl methyl sites for hydroxylation is 2. The maximum atomic E-state index is 12.8. The van der Waals surface area contributed by atoms with Crippen molar-refractivity contribution in [3.05, 3.63) is 45.0 Å². The van der Waals surface area contributed by atoms with E-state index in [4.69, 9.17) is 9.47 Å². The molecule has 2 atom stereocenters. The molecule has 0 unspecified atom stereocenters. The molecule has 0 aliphatic heterocycles. The summed E-state index contributed by atoms with van der Waals surface area (Å²) in [7, 11) is 0. The van der Waals surface area contributed by atoms with Crippen LogP contribution < -0.4 is 0 Å². The Hall–Kier alpha value is -2.87. The lowest BCUT2D eigenvalue weighted by molar-refractivity contribution is 0.0310. The molecule has 2 aromatic heterocycles. The first-order chi connectivity index (χ1) is 13.5. The Morgan fingerprint density at radius 1 is 0.931 bits per heavy atom. The highest BCUT2D eigenvalue weighted by Crippen LogP contribution is 2.26. The van der Waals surface area contributed by atoms with Gasteiger partial charge in [-0.15, -0.1) is 0 Å². The number of ketones is 1. The third-order valence-electron chi connectivity index (χ3n) is 4.93. The van der Waals surface area contributed by atoms with Crippen LogP contribution >= 0.6 is 0 Å². The van der Waals surface area contributed by atoms with E-state index in [9.17, 15) is 19.5 Å². The van der Waals surface area contributed by atoms with Crippen LogP contribution in [0.4, 0.5) is 0 Å². The van der Waals surface area contributed by atoms with Gasteiger partial charge in [0.1, 0.15) is 5.69 Å². The van der Waals surface area contributed by atoms with Gasteiger partial charge in [0.25, 0.3) is 0 Å². The molecule has 0 bridgehead atoms. The van der Waals surface area contributed by atoms with Crippen molar-refractivity contribution >= 4 is 17.7 Å². The van der Waals surface area contributed by atoms with Gasteiger partial charge in [-0.25, -0.2) is 9.59 Å². The second-order valence-corrected chi connectivity index (χ2v) is 7.10. The Kier molecular flexibility index (Phi) is 6.69. The van der Waals surface area contributed by atoms with Gasteiger partial charge in [-0.05, 0) is 59.6 Å². The van der Waals surface area contributed by atoms with Crippen LogP contribution in [-0.2, 0) is 9.47 Å². The molecule has 0 saturated carbocycles. The minimum absolute atomic E-state index is 0.199. The van der Waals surface area contributed by atoms with Gasteiger partial charge < -0.3 is 24.5 Å². The van der Waals surface area contributed by atoms with E-state index in [1.54, 1.807) is 41.5 Å². The molecule has 2 heterocycles. The summed E-state index contributed by atoms with van der Waals surface area (Å²) in [5, 5.41) is 9.87. The van der Waals surface area contributed by atoms with E-state index in [2.05, 4.69) is 9.97 Å². The smallest absolute Gasteiger partial charge is 0.355 e. The molecular formula is C21H28N2O6. The fraction of sp³-hybridized carbons (Fsp3) is 0.476. The number of aromatic amines is 2. The van der Waals surface area contributed by atoms with Crippen molar-refractivity contribution in [1.82, 2.24) is 9.97 Å². The van der Waals surface area contributed by atoms with Crippen molar-refractivity contribution < 1.29 is 29.0 Å². The molecular weight excluding hydrogens is 376 g/mol. The number of rotatable bonds is 7. The predicted molar refractivity (Wildman–Crippen MR) is 106 cm³/mol. The van der Waals surface area contributed by atoms with Crippen LogP contribution in [0.2, 0.25) is 0 Å². The van der Waals surface area contributed by atoms with Gasteiger partial charge in [-0.3, -0.25) is 4.79 Å². The minimum Gasteiger partial charge on any atom is -0.462 e. The van der Waals surface area contributed by atoms with Gasteiger partial charge in [-0.1, -0.05) is 0 Å². The topological polar surface area (TPSA) is 121 Å². The first-order valence-electron chi connectivity index (χ1n) is 9.49. The fourth-order valence-corrected chi connectivity index (χ4v) is 3.58. The Labute approximate surface area is 169 Å². The summed E-state index contributed by atoms with van der Waals surface area (Å²) < 4.78 is 10.4. The van der Waals surface area contributed by atoms with E-state index in [0.717, 1.165) is 0 Å². The zero-order valence-electron chi connectivity index (χ0n) is 17.9. The highest BCUT2D eigenvalue weighted by atomic mass is 16.5. The van der Waals surface area contributed by atoms with E-state index in [1.807, 2.05) is 0 Å². The predicted octanol–water partition coefficient (Wildman–Crippen LogP) is 3.23. The SMILES string of the molecule is CCOC(=O)c1c(C)[nH]c(C(=O)[C@H](C)OC(=O)c2[nH]c(C)c([C@H](C)O)c2C)c1C. The molecule has 3 N–H and O–H groups in total. The van der Waals surface area contributed by atoms with Gasteiger partial charge in [-0.2, -0.15) is 0 Å². The van der Waals surface area contributed by atoms with Gasteiger partial charge in [0, 0.05) is 17.0 Å². The lowest BCUT2D eigenvalue weighted by Gasteiger charge is -2.12. The number of Topliss-reactive ketones (excluding diaryl/α,β-unsaturated/α-hetero) is 1. The Bertz CT molecular complexity index is 951. The second kappa shape index (κ2) is 8.65. The summed E-state index contributed by atoms with van der Waals surface area (Å²) in [6.45, 7) is 11.8. The molecule has 0 aliphatic rings. The molecule has 0 fully saturated rings. The molecule has 158 valence electrons. The zero-order valence-corrected chi connectivity index (χ0v) is 17.9. The standard InChI is InChI=1S/C21H28N2O6/c1-8-28-20(26)16-10(3)17(22-12(16)5)19(25)14(7)29-21(27)18-9(2)15(13(6)24)11(4)23-18/h13-14,22-24H,8H2,1-7H3/t13-,14-/m0/s1. The molecule has 8 heteroatoms. The van der Waals surface area contributed by atoms with Gasteiger partial charge in [0.15, 0.2) is 6.10 Å². The third-order valence-corrected chi connectivity index (χ3v) is 4.93. The number of aliphatic hydroxyl groups excluding tert-OH is 1. The number of hydrogen-bond donors (Lipinski definition) is 3. The molecule has 2 aromatic rings. The largest absolute Gasteiger partial charge is 0.462 e. The van der Waals surface area contributed by atoms with Gasteiger partial charge in [0.2, 0.25) is 5.78 Å². The molecule has 0 aromatic carbocycles. The Balaban J connectivity index is 2.24. The number of H-pyrrole nitrogens is 2. The molecule has 0 aliphatic carbocycles. The number of nitrogens with one attached hydrogen (secondary N) is 2. The third kappa shape index (κ3) is 4.27. The average molecular weight is 404 g/mol. The lowest BCUT2D eigenvalue weighted by atomic mass is 10.1. The monoisotopic (exact) mass is 404 g/mol. The number of carbonyl (C=O) groups excluding carboxylic acids is 3. The molecule has 0 saturated heterocycles. The molecule has 0 radical (unpaired) electrons. The summed E-state index contributed by atoms with van der Waals surface area (Å²) in [5.41, 5.74) is 3.56. The van der Waals surface area contributed by atoms with Crippen LogP contribution in [0.5, 0.6) is 0 Å². The van der Waals surface area contributed by atoms with Crippen molar-refractivity contribution in [3.8, 4) is 0 Å². The molecule has 29 heavy (non-hydrogen) atoms. The van der Waals surface area contributed by atoms with Crippen molar-refractivity contribution in [2.45, 2.75) is 60.7 Å². The Morgan fingerprint density at radius 2 is 1.52 bits per heavy atom. The van der Waals surface area contributed by atoms with Crippen LogP contribution in [-0.4, -0.2) is 45.5 Å². The number of aliphatic hydroxyl groups is 1. The molecule has 0 spiro atoms. The molecule has 2 rings (SSSR count). The van der Waals surface area contributed by atoms with Crippen LogP contribution in [0.25, 0.3) is 0 Å². The fourth-order valence-electron chi connectivity index (χ4n) is 3.58. The molecule has 0 amide bonds. The van der Waals surface area contributed by atoms with E-state index in [0.29, 0.717) is 33.6 Å². The maximum absolute atomic E-state index is 12.8. The lowest BCUT2D eigenvalue weighted by Crippen LogP contribution is -2.26. The number of esters is 2.